The highest BCUT2D eigenvalue weighted by molar-refractivity contribution is 7.85. The van der Waals surface area contributed by atoms with E-state index in [1.807, 2.05) is 30.3 Å². The van der Waals surface area contributed by atoms with Crippen molar-refractivity contribution in [1.82, 2.24) is 0 Å². The molecule has 0 saturated carbocycles. The maximum atomic E-state index is 10.8. The summed E-state index contributed by atoms with van der Waals surface area (Å²) in [5, 5.41) is 0. The fourth-order valence-electron chi connectivity index (χ4n) is 1.37. The van der Waals surface area contributed by atoms with E-state index in [0.717, 1.165) is 11.1 Å². The van der Waals surface area contributed by atoms with Gasteiger partial charge in [0, 0.05) is 0 Å². The summed E-state index contributed by atoms with van der Waals surface area (Å²) in [6.45, 7) is 0. The summed E-state index contributed by atoms with van der Waals surface area (Å²) in [6, 6.07) is 16.5. The third-order valence-corrected chi connectivity index (χ3v) is 3.02. The molecule has 1 radical (unpaired) electrons. The average molecular weight is 233 g/mol. The molecule has 16 heavy (non-hydrogen) atoms. The van der Waals surface area contributed by atoms with Crippen LogP contribution in [0, 0.1) is 6.07 Å². The molecule has 0 bridgehead atoms. The van der Waals surface area contributed by atoms with Crippen molar-refractivity contribution in [3.63, 3.8) is 0 Å². The zero-order valence-corrected chi connectivity index (χ0v) is 9.11. The average Bonchev–Trinajstić information content (AvgIpc) is 2.29. The van der Waals surface area contributed by atoms with Gasteiger partial charge in [-0.1, -0.05) is 36.4 Å². The molecule has 1 N–H and O–H groups in total. The molecule has 0 spiro atoms. The Morgan fingerprint density at radius 3 is 2.19 bits per heavy atom. The van der Waals surface area contributed by atoms with Gasteiger partial charge in [0.2, 0.25) is 0 Å². The molecule has 0 aliphatic heterocycles. The Balaban J connectivity index is 2.41. The minimum absolute atomic E-state index is 0.146. The predicted octanol–water partition coefficient (Wildman–Crippen LogP) is 2.40. The molecule has 0 saturated heterocycles. The van der Waals surface area contributed by atoms with Gasteiger partial charge < -0.3 is 0 Å². The highest BCUT2D eigenvalue weighted by Gasteiger charge is 2.08. The van der Waals surface area contributed by atoms with Crippen LogP contribution >= 0.6 is 0 Å². The van der Waals surface area contributed by atoms with Crippen LogP contribution in [0.1, 0.15) is 0 Å². The Morgan fingerprint density at radius 1 is 1.00 bits per heavy atom. The van der Waals surface area contributed by atoms with Crippen LogP contribution in [0.25, 0.3) is 11.1 Å². The molecule has 0 aliphatic carbocycles. The molecule has 0 amide bonds. The van der Waals surface area contributed by atoms with Crippen LogP contribution in [0.15, 0.2) is 53.4 Å². The van der Waals surface area contributed by atoms with E-state index in [1.54, 1.807) is 6.07 Å². The Labute approximate surface area is 94.1 Å². The van der Waals surface area contributed by atoms with E-state index in [9.17, 15) is 8.42 Å². The standard InChI is InChI=1S/C12H9O3S/c13-16(14,15)12-8-6-11(7-9-12)10-4-2-1-3-5-10/h1-6,8-9H,(H,13,14,15). The first-order valence-corrected chi connectivity index (χ1v) is 6.06. The van der Waals surface area contributed by atoms with Gasteiger partial charge in [0.15, 0.2) is 0 Å². The van der Waals surface area contributed by atoms with Gasteiger partial charge in [0.1, 0.15) is 0 Å². The SMILES string of the molecule is O=S(=O)(O)c1c[c]c(-c2ccccc2)cc1. The Kier molecular flexibility index (Phi) is 2.77. The quantitative estimate of drug-likeness (QED) is 0.810. The highest BCUT2D eigenvalue weighted by atomic mass is 32.2. The van der Waals surface area contributed by atoms with Gasteiger partial charge in [-0.05, 0) is 29.3 Å². The van der Waals surface area contributed by atoms with E-state index < -0.39 is 10.1 Å². The van der Waals surface area contributed by atoms with E-state index in [0.29, 0.717) is 0 Å². The Hall–Kier alpha value is -1.65. The summed E-state index contributed by atoms with van der Waals surface area (Å²) in [5.41, 5.74) is 1.73. The second-order valence-electron chi connectivity index (χ2n) is 3.28. The number of benzene rings is 2. The van der Waals surface area contributed by atoms with Crippen LogP contribution in [0.4, 0.5) is 0 Å². The van der Waals surface area contributed by atoms with Crippen molar-refractivity contribution in [3.05, 3.63) is 54.6 Å². The van der Waals surface area contributed by atoms with Crippen LogP contribution in [0.3, 0.4) is 0 Å². The highest BCUT2D eigenvalue weighted by Crippen LogP contribution is 2.19. The lowest BCUT2D eigenvalue weighted by molar-refractivity contribution is 0.483. The van der Waals surface area contributed by atoms with E-state index in [1.165, 1.54) is 12.1 Å². The first kappa shape index (κ1) is 10.9. The second-order valence-corrected chi connectivity index (χ2v) is 4.70. The van der Waals surface area contributed by atoms with Crippen LogP contribution < -0.4 is 0 Å². The van der Waals surface area contributed by atoms with Crippen LogP contribution in [-0.2, 0) is 10.1 Å². The normalized spacial score (nSPS) is 11.3. The lowest BCUT2D eigenvalue weighted by Gasteiger charge is -2.01. The molecule has 3 nitrogen and oxygen atoms in total. The smallest absolute Gasteiger partial charge is 0.282 e. The summed E-state index contributed by atoms with van der Waals surface area (Å²) < 4.78 is 30.4. The predicted molar refractivity (Wildman–Crippen MR) is 60.5 cm³/mol. The molecule has 0 unspecified atom stereocenters. The molecule has 4 heteroatoms. The zero-order valence-electron chi connectivity index (χ0n) is 8.29. The van der Waals surface area contributed by atoms with Crippen LogP contribution in [0.2, 0.25) is 0 Å². The monoisotopic (exact) mass is 233 g/mol. The van der Waals surface area contributed by atoms with Gasteiger partial charge in [-0.2, -0.15) is 8.42 Å². The first-order chi connectivity index (χ1) is 7.57. The van der Waals surface area contributed by atoms with Gasteiger partial charge in [-0.3, -0.25) is 4.55 Å². The number of hydrogen-bond acceptors (Lipinski definition) is 2. The van der Waals surface area contributed by atoms with E-state index in [4.69, 9.17) is 4.55 Å². The molecule has 0 heterocycles. The lowest BCUT2D eigenvalue weighted by atomic mass is 10.1. The molecule has 2 rings (SSSR count). The molecule has 2 aromatic carbocycles. The molecule has 0 aromatic heterocycles. The second kappa shape index (κ2) is 4.08. The van der Waals surface area contributed by atoms with E-state index >= 15 is 0 Å². The number of hydrogen-bond donors (Lipinski definition) is 1. The van der Waals surface area contributed by atoms with Crippen LogP contribution in [0.5, 0.6) is 0 Å². The van der Waals surface area contributed by atoms with Gasteiger partial charge in [0.25, 0.3) is 10.1 Å². The van der Waals surface area contributed by atoms with E-state index in [2.05, 4.69) is 6.07 Å². The summed E-state index contributed by atoms with van der Waals surface area (Å²) in [6.07, 6.45) is 0. The Morgan fingerprint density at radius 2 is 1.69 bits per heavy atom. The fourth-order valence-corrected chi connectivity index (χ4v) is 1.82. The van der Waals surface area contributed by atoms with Gasteiger partial charge in [0.05, 0.1) is 4.90 Å². The topological polar surface area (TPSA) is 54.4 Å². The number of rotatable bonds is 2. The zero-order chi connectivity index (χ0) is 11.6. The Bertz CT molecular complexity index is 571. The van der Waals surface area contributed by atoms with Crippen molar-refractivity contribution >= 4 is 10.1 Å². The third kappa shape index (κ3) is 2.29. The van der Waals surface area contributed by atoms with Crippen molar-refractivity contribution in [1.29, 1.82) is 0 Å². The van der Waals surface area contributed by atoms with Crippen molar-refractivity contribution < 1.29 is 13.0 Å². The fraction of sp³-hybridized carbons (Fsp3) is 0. The molecule has 81 valence electrons. The first-order valence-electron chi connectivity index (χ1n) is 4.62. The van der Waals surface area contributed by atoms with Crippen molar-refractivity contribution in [2.75, 3.05) is 0 Å². The van der Waals surface area contributed by atoms with Crippen molar-refractivity contribution in [2.45, 2.75) is 4.90 Å². The molecule has 2 aromatic rings. The summed E-state index contributed by atoms with van der Waals surface area (Å²) >= 11 is 0. The van der Waals surface area contributed by atoms with Crippen molar-refractivity contribution in [2.24, 2.45) is 0 Å². The largest absolute Gasteiger partial charge is 0.294 e. The lowest BCUT2D eigenvalue weighted by Crippen LogP contribution is -1.97. The van der Waals surface area contributed by atoms with Gasteiger partial charge in [-0.15, -0.1) is 0 Å². The molecule has 0 aliphatic rings. The molecule has 0 atom stereocenters. The maximum Gasteiger partial charge on any atom is 0.294 e. The maximum absolute atomic E-state index is 10.8. The molecular formula is C12H9O3S. The summed E-state index contributed by atoms with van der Waals surface area (Å²) in [7, 11) is -4.13. The molecular weight excluding hydrogens is 224 g/mol. The van der Waals surface area contributed by atoms with Gasteiger partial charge in [-0.25, -0.2) is 0 Å². The summed E-state index contributed by atoms with van der Waals surface area (Å²) in [4.78, 5) is -0.146. The minimum atomic E-state index is -4.13. The minimum Gasteiger partial charge on any atom is -0.282 e. The third-order valence-electron chi connectivity index (χ3n) is 2.17. The molecule has 0 fully saturated rings. The van der Waals surface area contributed by atoms with Crippen LogP contribution in [-0.4, -0.2) is 13.0 Å². The van der Waals surface area contributed by atoms with Gasteiger partial charge >= 0.3 is 0 Å². The van der Waals surface area contributed by atoms with E-state index in [-0.39, 0.29) is 4.90 Å². The summed E-state index contributed by atoms with van der Waals surface area (Å²) in [5.74, 6) is 0. The van der Waals surface area contributed by atoms with Crippen molar-refractivity contribution in [3.8, 4) is 11.1 Å².